The number of carbonyl (C=O) groups is 2. The number of hydrogen-bond acceptors (Lipinski definition) is 6. The second-order valence-corrected chi connectivity index (χ2v) is 6.50. The maximum absolute atomic E-state index is 12.8. The quantitative estimate of drug-likeness (QED) is 0.758. The Bertz CT molecular complexity index is 850. The molecule has 1 saturated heterocycles. The standard InChI is InChI=1S/C20H24N4O4/c1-27-17-12-14(7-8-16(17)28-13-18(21)25)20(26)23-15-6-5-9-22-19(15)24-10-3-2-4-11-24/h5-9,12H,2-4,10-11,13H2,1H3,(H2,21,25)(H,23,26). The third-order valence-electron chi connectivity index (χ3n) is 4.49. The molecule has 1 fully saturated rings. The van der Waals surface area contributed by atoms with Gasteiger partial charge in [0.2, 0.25) is 0 Å². The topological polar surface area (TPSA) is 107 Å². The molecule has 28 heavy (non-hydrogen) atoms. The van der Waals surface area contributed by atoms with E-state index in [-0.39, 0.29) is 12.5 Å². The lowest BCUT2D eigenvalue weighted by atomic mass is 10.1. The number of benzene rings is 1. The summed E-state index contributed by atoms with van der Waals surface area (Å²) in [6.07, 6.45) is 5.18. The van der Waals surface area contributed by atoms with Gasteiger partial charge in [-0.25, -0.2) is 4.98 Å². The molecular formula is C20H24N4O4. The van der Waals surface area contributed by atoms with E-state index in [1.165, 1.54) is 13.5 Å². The number of amides is 2. The fourth-order valence-corrected chi connectivity index (χ4v) is 3.12. The van der Waals surface area contributed by atoms with E-state index in [1.807, 2.05) is 6.07 Å². The van der Waals surface area contributed by atoms with Gasteiger partial charge in [-0.05, 0) is 49.6 Å². The Balaban J connectivity index is 1.77. The van der Waals surface area contributed by atoms with Crippen LogP contribution in [0.4, 0.5) is 11.5 Å². The van der Waals surface area contributed by atoms with Gasteiger partial charge in [0.1, 0.15) is 0 Å². The number of methoxy groups -OCH3 is 1. The molecule has 0 aliphatic carbocycles. The van der Waals surface area contributed by atoms with Crippen molar-refractivity contribution in [3.05, 3.63) is 42.1 Å². The van der Waals surface area contributed by atoms with E-state index in [9.17, 15) is 9.59 Å². The molecule has 2 aromatic rings. The molecule has 8 heteroatoms. The normalized spacial score (nSPS) is 13.7. The van der Waals surface area contributed by atoms with Crippen molar-refractivity contribution < 1.29 is 19.1 Å². The van der Waals surface area contributed by atoms with Crippen LogP contribution >= 0.6 is 0 Å². The molecule has 1 aliphatic rings. The first kappa shape index (κ1) is 19.5. The van der Waals surface area contributed by atoms with E-state index < -0.39 is 5.91 Å². The van der Waals surface area contributed by atoms with Crippen molar-refractivity contribution in [3.63, 3.8) is 0 Å². The fourth-order valence-electron chi connectivity index (χ4n) is 3.12. The molecule has 0 atom stereocenters. The fraction of sp³-hybridized carbons (Fsp3) is 0.350. The molecule has 0 spiro atoms. The summed E-state index contributed by atoms with van der Waals surface area (Å²) in [7, 11) is 1.46. The summed E-state index contributed by atoms with van der Waals surface area (Å²) < 4.78 is 10.6. The summed E-state index contributed by atoms with van der Waals surface area (Å²) in [6, 6.07) is 8.38. The number of pyridine rings is 1. The van der Waals surface area contributed by atoms with Gasteiger partial charge >= 0.3 is 0 Å². The van der Waals surface area contributed by atoms with Crippen LogP contribution in [0.2, 0.25) is 0 Å². The molecule has 1 aliphatic heterocycles. The summed E-state index contributed by atoms with van der Waals surface area (Å²) in [5, 5.41) is 2.93. The molecule has 1 aromatic heterocycles. The lowest BCUT2D eigenvalue weighted by Gasteiger charge is -2.29. The van der Waals surface area contributed by atoms with Crippen LogP contribution in [0.5, 0.6) is 11.5 Å². The zero-order valence-electron chi connectivity index (χ0n) is 15.8. The van der Waals surface area contributed by atoms with Crippen LogP contribution < -0.4 is 25.4 Å². The molecule has 3 N–H and O–H groups in total. The van der Waals surface area contributed by atoms with Crippen molar-refractivity contribution in [1.82, 2.24) is 4.98 Å². The van der Waals surface area contributed by atoms with E-state index in [0.717, 1.165) is 31.7 Å². The molecule has 0 radical (unpaired) electrons. The highest BCUT2D eigenvalue weighted by atomic mass is 16.5. The molecular weight excluding hydrogens is 360 g/mol. The van der Waals surface area contributed by atoms with Gasteiger partial charge in [-0.15, -0.1) is 0 Å². The number of piperidine rings is 1. The number of anilines is 2. The highest BCUT2D eigenvalue weighted by Crippen LogP contribution is 2.30. The Morgan fingerprint density at radius 2 is 1.96 bits per heavy atom. The van der Waals surface area contributed by atoms with Crippen molar-refractivity contribution in [2.45, 2.75) is 19.3 Å². The maximum atomic E-state index is 12.8. The predicted octanol–water partition coefficient (Wildman–Crippen LogP) is 2.20. The van der Waals surface area contributed by atoms with E-state index in [2.05, 4.69) is 15.2 Å². The Morgan fingerprint density at radius 1 is 1.18 bits per heavy atom. The Morgan fingerprint density at radius 3 is 2.68 bits per heavy atom. The van der Waals surface area contributed by atoms with Crippen molar-refractivity contribution in [1.29, 1.82) is 0 Å². The number of ether oxygens (including phenoxy) is 2. The molecule has 2 heterocycles. The summed E-state index contributed by atoms with van der Waals surface area (Å²) in [6.45, 7) is 1.59. The largest absolute Gasteiger partial charge is 0.493 e. The molecule has 0 bridgehead atoms. The van der Waals surface area contributed by atoms with Gasteiger partial charge in [0.25, 0.3) is 11.8 Å². The first-order valence-corrected chi connectivity index (χ1v) is 9.19. The second-order valence-electron chi connectivity index (χ2n) is 6.50. The molecule has 3 rings (SSSR count). The van der Waals surface area contributed by atoms with Gasteiger partial charge in [-0.2, -0.15) is 0 Å². The van der Waals surface area contributed by atoms with E-state index in [1.54, 1.807) is 30.5 Å². The minimum atomic E-state index is -0.592. The average molecular weight is 384 g/mol. The van der Waals surface area contributed by atoms with Crippen molar-refractivity contribution in [2.75, 3.05) is 37.0 Å². The summed E-state index contributed by atoms with van der Waals surface area (Å²) in [5.74, 6) is 0.588. The molecule has 1 aromatic carbocycles. The third-order valence-corrected chi connectivity index (χ3v) is 4.49. The number of nitrogens with two attached hydrogens (primary N) is 1. The average Bonchev–Trinajstić information content (AvgIpc) is 2.73. The Kier molecular flexibility index (Phi) is 6.31. The van der Waals surface area contributed by atoms with Crippen molar-refractivity contribution >= 4 is 23.3 Å². The smallest absolute Gasteiger partial charge is 0.255 e. The van der Waals surface area contributed by atoms with Gasteiger partial charge in [0, 0.05) is 24.8 Å². The summed E-state index contributed by atoms with van der Waals surface area (Å²) >= 11 is 0. The number of primary amides is 1. The first-order valence-electron chi connectivity index (χ1n) is 9.19. The van der Waals surface area contributed by atoms with Gasteiger partial charge < -0.3 is 25.4 Å². The van der Waals surface area contributed by atoms with Crippen LogP contribution in [0.1, 0.15) is 29.6 Å². The van der Waals surface area contributed by atoms with Gasteiger partial charge in [0.05, 0.1) is 12.8 Å². The minimum absolute atomic E-state index is 0.267. The van der Waals surface area contributed by atoms with Crippen LogP contribution in [0.15, 0.2) is 36.5 Å². The van der Waals surface area contributed by atoms with Crippen LogP contribution in [0.3, 0.4) is 0 Å². The van der Waals surface area contributed by atoms with E-state index in [0.29, 0.717) is 22.7 Å². The molecule has 148 valence electrons. The number of rotatable bonds is 7. The highest BCUT2D eigenvalue weighted by molar-refractivity contribution is 6.06. The second kappa shape index (κ2) is 9.07. The van der Waals surface area contributed by atoms with Crippen LogP contribution in [0, 0.1) is 0 Å². The Hall–Kier alpha value is -3.29. The van der Waals surface area contributed by atoms with Gasteiger partial charge in [-0.1, -0.05) is 0 Å². The van der Waals surface area contributed by atoms with Gasteiger partial charge in [-0.3, -0.25) is 9.59 Å². The minimum Gasteiger partial charge on any atom is -0.493 e. The third kappa shape index (κ3) is 4.70. The highest BCUT2D eigenvalue weighted by Gasteiger charge is 2.18. The molecule has 2 amide bonds. The number of nitrogens with zero attached hydrogens (tertiary/aromatic N) is 2. The van der Waals surface area contributed by atoms with Crippen LogP contribution in [0.25, 0.3) is 0 Å². The lowest BCUT2D eigenvalue weighted by molar-refractivity contribution is -0.119. The van der Waals surface area contributed by atoms with Crippen LogP contribution in [-0.4, -0.2) is 43.6 Å². The molecule has 0 saturated carbocycles. The molecule has 0 unspecified atom stereocenters. The number of hydrogen-bond donors (Lipinski definition) is 2. The van der Waals surface area contributed by atoms with E-state index >= 15 is 0 Å². The lowest BCUT2D eigenvalue weighted by Crippen LogP contribution is -2.31. The molecule has 8 nitrogen and oxygen atoms in total. The zero-order valence-corrected chi connectivity index (χ0v) is 15.8. The monoisotopic (exact) mass is 384 g/mol. The summed E-state index contributed by atoms with van der Waals surface area (Å²) in [5.41, 5.74) is 6.16. The zero-order chi connectivity index (χ0) is 19.9. The van der Waals surface area contributed by atoms with Crippen molar-refractivity contribution in [3.8, 4) is 11.5 Å². The number of nitrogens with one attached hydrogen (secondary N) is 1. The van der Waals surface area contributed by atoms with Gasteiger partial charge in [0.15, 0.2) is 23.9 Å². The SMILES string of the molecule is COc1cc(C(=O)Nc2cccnc2N2CCCCC2)ccc1OCC(N)=O. The Labute approximate surface area is 163 Å². The number of aromatic nitrogens is 1. The predicted molar refractivity (Wildman–Crippen MR) is 106 cm³/mol. The first-order chi connectivity index (χ1) is 13.6. The van der Waals surface area contributed by atoms with Crippen LogP contribution in [-0.2, 0) is 4.79 Å². The van der Waals surface area contributed by atoms with E-state index in [4.69, 9.17) is 15.2 Å². The number of carbonyl (C=O) groups excluding carboxylic acids is 2. The van der Waals surface area contributed by atoms with Crippen molar-refractivity contribution in [2.24, 2.45) is 5.73 Å². The maximum Gasteiger partial charge on any atom is 0.255 e. The summed E-state index contributed by atoms with van der Waals surface area (Å²) in [4.78, 5) is 30.3.